The van der Waals surface area contributed by atoms with Gasteiger partial charge in [0.25, 0.3) is 0 Å². The number of halogens is 2. The number of benzene rings is 1. The summed E-state index contributed by atoms with van der Waals surface area (Å²) in [5, 5.41) is 0. The minimum atomic E-state index is -2.68. The van der Waals surface area contributed by atoms with Crippen molar-refractivity contribution in [2.45, 2.75) is 0 Å². The maximum absolute atomic E-state index is 13.4. The van der Waals surface area contributed by atoms with Crippen LogP contribution in [-0.4, -0.2) is 21.8 Å². The number of imidazole rings is 1. The quantitative estimate of drug-likeness (QED) is 0.682. The van der Waals surface area contributed by atoms with Gasteiger partial charge in [-0.3, -0.25) is 13.6 Å². The molecule has 98 valence electrons. The zero-order valence-corrected chi connectivity index (χ0v) is 10.4. The zero-order valence-electron chi connectivity index (χ0n) is 10.4. The molecule has 0 aliphatic carbocycles. The smallest absolute Gasteiger partial charge is 0.307 e. The van der Waals surface area contributed by atoms with Crippen molar-refractivity contribution in [3.05, 3.63) is 60.9 Å². The summed E-state index contributed by atoms with van der Waals surface area (Å²) in [6, 6.07) is 14.1. The minimum absolute atomic E-state index is 0.166. The first-order chi connectivity index (χ1) is 9.77. The molecule has 20 heavy (non-hydrogen) atoms. The van der Waals surface area contributed by atoms with Gasteiger partial charge >= 0.3 is 7.40 Å². The molecular weight excluding hydrogens is 259 g/mol. The standard InChI is InChI=1S/C14H10BF2N3/c16-15(17)20-13(11-6-2-1-3-7-11)10-19-14(20)12-8-4-5-9-18-12/h1-10H. The molecular formula is C14H10BF2N3. The van der Waals surface area contributed by atoms with Gasteiger partial charge in [0, 0.05) is 6.20 Å². The summed E-state index contributed by atoms with van der Waals surface area (Å²) in [7, 11) is -2.68. The molecule has 0 radical (unpaired) electrons. The van der Waals surface area contributed by atoms with Crippen LogP contribution in [0.4, 0.5) is 8.63 Å². The Morgan fingerprint density at radius 2 is 1.65 bits per heavy atom. The largest absolute Gasteiger partial charge is 0.679 e. The predicted octanol–water partition coefficient (Wildman–Crippen LogP) is 3.38. The van der Waals surface area contributed by atoms with Gasteiger partial charge in [-0.2, -0.15) is 0 Å². The Morgan fingerprint density at radius 3 is 2.30 bits per heavy atom. The molecule has 3 nitrogen and oxygen atoms in total. The lowest BCUT2D eigenvalue weighted by Gasteiger charge is -2.08. The predicted molar refractivity (Wildman–Crippen MR) is 74.3 cm³/mol. The monoisotopic (exact) mass is 269 g/mol. The second kappa shape index (κ2) is 5.24. The van der Waals surface area contributed by atoms with Crippen LogP contribution in [0.5, 0.6) is 0 Å². The lowest BCUT2D eigenvalue weighted by atomic mass is 10.1. The zero-order chi connectivity index (χ0) is 13.9. The summed E-state index contributed by atoms with van der Waals surface area (Å²) in [6.45, 7) is 0. The molecule has 0 aliphatic heterocycles. The number of aromatic nitrogens is 3. The molecule has 0 aliphatic rings. The number of rotatable bonds is 3. The molecule has 1 aromatic carbocycles. The minimum Gasteiger partial charge on any atom is -0.307 e. The van der Waals surface area contributed by atoms with Crippen molar-refractivity contribution in [1.29, 1.82) is 0 Å². The summed E-state index contributed by atoms with van der Waals surface area (Å²) >= 11 is 0. The Labute approximate surface area is 115 Å². The van der Waals surface area contributed by atoms with E-state index in [2.05, 4.69) is 9.97 Å². The first kappa shape index (κ1) is 12.5. The van der Waals surface area contributed by atoms with Gasteiger partial charge in [-0.1, -0.05) is 36.4 Å². The first-order valence-electron chi connectivity index (χ1n) is 6.09. The maximum Gasteiger partial charge on any atom is 0.679 e. The van der Waals surface area contributed by atoms with Crippen LogP contribution in [0.2, 0.25) is 0 Å². The highest BCUT2D eigenvalue weighted by atomic mass is 19.2. The molecule has 0 N–H and O–H groups in total. The van der Waals surface area contributed by atoms with E-state index in [1.165, 1.54) is 6.20 Å². The highest BCUT2D eigenvalue weighted by molar-refractivity contribution is 6.42. The Kier molecular flexibility index (Phi) is 3.29. The first-order valence-corrected chi connectivity index (χ1v) is 6.09. The molecule has 2 heterocycles. The molecule has 3 aromatic rings. The van der Waals surface area contributed by atoms with Crippen LogP contribution < -0.4 is 0 Å². The highest BCUT2D eigenvalue weighted by Gasteiger charge is 2.26. The van der Waals surface area contributed by atoms with E-state index in [1.807, 2.05) is 6.07 Å². The Balaban J connectivity index is 2.17. The van der Waals surface area contributed by atoms with Crippen LogP contribution >= 0.6 is 0 Å². The summed E-state index contributed by atoms with van der Waals surface area (Å²) in [5.74, 6) is 0.166. The molecule has 2 aromatic heterocycles. The normalized spacial score (nSPS) is 10.5. The van der Waals surface area contributed by atoms with Crippen molar-refractivity contribution in [1.82, 2.24) is 14.4 Å². The highest BCUT2D eigenvalue weighted by Crippen LogP contribution is 2.26. The third-order valence-corrected chi connectivity index (χ3v) is 2.96. The maximum atomic E-state index is 13.4. The van der Waals surface area contributed by atoms with E-state index in [0.29, 0.717) is 17.0 Å². The summed E-state index contributed by atoms with van der Waals surface area (Å²) in [6.07, 6.45) is 3.01. The Morgan fingerprint density at radius 1 is 0.900 bits per heavy atom. The van der Waals surface area contributed by atoms with E-state index in [4.69, 9.17) is 0 Å². The van der Waals surface area contributed by atoms with Crippen molar-refractivity contribution in [2.24, 2.45) is 0 Å². The number of pyridine rings is 1. The average molecular weight is 269 g/mol. The van der Waals surface area contributed by atoms with Crippen molar-refractivity contribution in [3.8, 4) is 22.8 Å². The fourth-order valence-corrected chi connectivity index (χ4v) is 2.07. The van der Waals surface area contributed by atoms with Gasteiger partial charge in [-0.05, 0) is 17.7 Å². The second-order valence-corrected chi connectivity index (χ2v) is 4.20. The fourth-order valence-electron chi connectivity index (χ4n) is 2.07. The molecule has 6 heteroatoms. The molecule has 0 saturated carbocycles. The Hall–Kier alpha value is -2.50. The molecule has 0 spiro atoms. The van der Waals surface area contributed by atoms with Crippen LogP contribution in [-0.2, 0) is 0 Å². The van der Waals surface area contributed by atoms with E-state index in [9.17, 15) is 8.63 Å². The summed E-state index contributed by atoms with van der Waals surface area (Å²) < 4.78 is 27.7. The molecule has 0 fully saturated rings. The lowest BCUT2D eigenvalue weighted by Crippen LogP contribution is -2.16. The third kappa shape index (κ3) is 2.20. The SMILES string of the molecule is FB(F)n1c(-c2ccccc2)cnc1-c1ccccn1. The van der Waals surface area contributed by atoms with Crippen LogP contribution in [0, 0.1) is 0 Å². The van der Waals surface area contributed by atoms with Crippen molar-refractivity contribution in [2.75, 3.05) is 0 Å². The number of nitrogens with zero attached hydrogens (tertiary/aromatic N) is 3. The van der Waals surface area contributed by atoms with Gasteiger partial charge < -0.3 is 4.48 Å². The average Bonchev–Trinajstić information content (AvgIpc) is 2.94. The van der Waals surface area contributed by atoms with Gasteiger partial charge in [0.15, 0.2) is 5.82 Å². The van der Waals surface area contributed by atoms with E-state index >= 15 is 0 Å². The molecule has 0 unspecified atom stereocenters. The molecule has 3 rings (SSSR count). The van der Waals surface area contributed by atoms with E-state index in [0.717, 1.165) is 4.48 Å². The van der Waals surface area contributed by atoms with Crippen LogP contribution in [0.25, 0.3) is 22.8 Å². The van der Waals surface area contributed by atoms with E-state index < -0.39 is 7.40 Å². The topological polar surface area (TPSA) is 30.7 Å². The van der Waals surface area contributed by atoms with Gasteiger partial charge in [-0.25, -0.2) is 4.98 Å². The van der Waals surface area contributed by atoms with Gasteiger partial charge in [0.1, 0.15) is 5.69 Å². The molecule has 0 amide bonds. The van der Waals surface area contributed by atoms with Crippen LogP contribution in [0.3, 0.4) is 0 Å². The molecule has 0 saturated heterocycles. The van der Waals surface area contributed by atoms with Gasteiger partial charge in [-0.15, -0.1) is 0 Å². The van der Waals surface area contributed by atoms with E-state index in [-0.39, 0.29) is 5.82 Å². The second-order valence-electron chi connectivity index (χ2n) is 4.20. The van der Waals surface area contributed by atoms with Crippen molar-refractivity contribution in [3.63, 3.8) is 0 Å². The summed E-state index contributed by atoms with van der Waals surface area (Å²) in [4.78, 5) is 8.19. The lowest BCUT2D eigenvalue weighted by molar-refractivity contribution is 0.632. The molecule has 0 atom stereocenters. The van der Waals surface area contributed by atoms with Gasteiger partial charge in [0.2, 0.25) is 0 Å². The Bertz CT molecular complexity index is 642. The third-order valence-electron chi connectivity index (χ3n) is 2.96. The van der Waals surface area contributed by atoms with Crippen molar-refractivity contribution < 1.29 is 8.63 Å². The van der Waals surface area contributed by atoms with E-state index in [1.54, 1.807) is 48.7 Å². The summed E-state index contributed by atoms with van der Waals surface area (Å²) in [5.41, 5.74) is 1.50. The number of hydrogen-bond donors (Lipinski definition) is 0. The van der Waals surface area contributed by atoms with Crippen LogP contribution in [0.15, 0.2) is 60.9 Å². The molecule has 0 bridgehead atoms. The van der Waals surface area contributed by atoms with Gasteiger partial charge in [0.05, 0.1) is 11.9 Å². The number of hydrogen-bond acceptors (Lipinski definition) is 2. The fraction of sp³-hybridized carbons (Fsp3) is 0. The van der Waals surface area contributed by atoms with Crippen LogP contribution in [0.1, 0.15) is 0 Å². The van der Waals surface area contributed by atoms with Crippen molar-refractivity contribution >= 4 is 7.40 Å².